The van der Waals surface area contributed by atoms with E-state index in [0.29, 0.717) is 0 Å². The van der Waals surface area contributed by atoms with E-state index in [2.05, 4.69) is 10.2 Å². The van der Waals surface area contributed by atoms with Crippen LogP contribution in [0.1, 0.15) is 30.0 Å². The van der Waals surface area contributed by atoms with Gasteiger partial charge < -0.3 is 0 Å². The van der Waals surface area contributed by atoms with Crippen LogP contribution in [0.4, 0.5) is 0 Å². The molecule has 0 bridgehead atoms. The average molecular weight is 162 g/mol. The van der Waals surface area contributed by atoms with E-state index in [4.69, 9.17) is 0 Å². The van der Waals surface area contributed by atoms with E-state index in [1.54, 1.807) is 6.20 Å². The number of fused-ring (bicyclic) bond motifs is 1. The second kappa shape index (κ2) is 3.01. The lowest BCUT2D eigenvalue weighted by Gasteiger charge is -2.18. The van der Waals surface area contributed by atoms with Gasteiger partial charge in [-0.1, -0.05) is 5.18 Å². The standard InChI is InChI=1S/C9H10N2O/c12-11-9-3-1-2-7-6-10-5-4-8(7)9/h4-6,9H,1-3H2. The zero-order valence-corrected chi connectivity index (χ0v) is 6.73. The maximum atomic E-state index is 10.5. The van der Waals surface area contributed by atoms with Crippen molar-refractivity contribution in [3.63, 3.8) is 0 Å². The van der Waals surface area contributed by atoms with Gasteiger partial charge in [-0.2, -0.15) is 4.91 Å². The second-order valence-corrected chi connectivity index (χ2v) is 3.09. The molecule has 1 aliphatic carbocycles. The lowest BCUT2D eigenvalue weighted by molar-refractivity contribution is 0.567. The van der Waals surface area contributed by atoms with E-state index in [9.17, 15) is 4.91 Å². The molecule has 1 aromatic rings. The first kappa shape index (κ1) is 7.40. The minimum atomic E-state index is -0.128. The van der Waals surface area contributed by atoms with E-state index < -0.39 is 0 Å². The van der Waals surface area contributed by atoms with Gasteiger partial charge in [-0.25, -0.2) is 0 Å². The van der Waals surface area contributed by atoms with E-state index in [-0.39, 0.29) is 6.04 Å². The summed E-state index contributed by atoms with van der Waals surface area (Å²) in [5.74, 6) is 0. The van der Waals surface area contributed by atoms with Crippen LogP contribution in [0.5, 0.6) is 0 Å². The Morgan fingerprint density at radius 1 is 1.58 bits per heavy atom. The molecule has 0 radical (unpaired) electrons. The molecule has 0 saturated carbocycles. The predicted molar refractivity (Wildman–Crippen MR) is 45.7 cm³/mol. The third-order valence-electron chi connectivity index (χ3n) is 2.35. The zero-order chi connectivity index (χ0) is 8.39. The maximum absolute atomic E-state index is 10.5. The van der Waals surface area contributed by atoms with Gasteiger partial charge in [-0.3, -0.25) is 4.98 Å². The Labute approximate surface area is 70.8 Å². The van der Waals surface area contributed by atoms with Crippen LogP contribution < -0.4 is 0 Å². The van der Waals surface area contributed by atoms with Crippen LogP contribution in [0.2, 0.25) is 0 Å². The van der Waals surface area contributed by atoms with Crippen LogP contribution in [0, 0.1) is 4.91 Å². The van der Waals surface area contributed by atoms with Gasteiger partial charge in [0.2, 0.25) is 0 Å². The number of aromatic nitrogens is 1. The largest absolute Gasteiger partial charge is 0.264 e. The fourth-order valence-corrected chi connectivity index (χ4v) is 1.72. The summed E-state index contributed by atoms with van der Waals surface area (Å²) < 4.78 is 0. The molecule has 62 valence electrons. The predicted octanol–water partition coefficient (Wildman–Crippen LogP) is 2.23. The summed E-state index contributed by atoms with van der Waals surface area (Å²) in [5.41, 5.74) is 2.26. The summed E-state index contributed by atoms with van der Waals surface area (Å²) in [4.78, 5) is 14.5. The topological polar surface area (TPSA) is 42.3 Å². The Hall–Kier alpha value is -1.25. The van der Waals surface area contributed by atoms with Crippen LogP contribution in [0.3, 0.4) is 0 Å². The number of hydrogen-bond donors (Lipinski definition) is 0. The second-order valence-electron chi connectivity index (χ2n) is 3.09. The van der Waals surface area contributed by atoms with Crippen LogP contribution in [-0.2, 0) is 6.42 Å². The molecule has 1 atom stereocenters. The van der Waals surface area contributed by atoms with Crippen LogP contribution in [0.25, 0.3) is 0 Å². The van der Waals surface area contributed by atoms with E-state index >= 15 is 0 Å². The number of rotatable bonds is 1. The molecule has 1 heterocycles. The lowest BCUT2D eigenvalue weighted by Crippen LogP contribution is -2.07. The molecule has 0 N–H and O–H groups in total. The van der Waals surface area contributed by atoms with Crippen molar-refractivity contribution in [3.8, 4) is 0 Å². The molecular weight excluding hydrogens is 152 g/mol. The Morgan fingerprint density at radius 2 is 2.50 bits per heavy atom. The highest BCUT2D eigenvalue weighted by Gasteiger charge is 2.19. The molecule has 1 aliphatic rings. The normalized spacial score (nSPS) is 21.5. The molecule has 2 rings (SSSR count). The molecule has 0 amide bonds. The minimum Gasteiger partial charge on any atom is -0.264 e. The van der Waals surface area contributed by atoms with Crippen molar-refractivity contribution >= 4 is 0 Å². The summed E-state index contributed by atoms with van der Waals surface area (Å²) >= 11 is 0. The highest BCUT2D eigenvalue weighted by Crippen LogP contribution is 2.31. The first-order valence-electron chi connectivity index (χ1n) is 4.17. The summed E-state index contributed by atoms with van der Waals surface area (Å²) in [6.07, 6.45) is 6.54. The Kier molecular flexibility index (Phi) is 1.86. The fourth-order valence-electron chi connectivity index (χ4n) is 1.72. The van der Waals surface area contributed by atoms with Crippen molar-refractivity contribution in [2.45, 2.75) is 25.3 Å². The first-order chi connectivity index (χ1) is 5.92. The first-order valence-corrected chi connectivity index (χ1v) is 4.17. The van der Waals surface area contributed by atoms with Gasteiger partial charge in [0.15, 0.2) is 0 Å². The highest BCUT2D eigenvalue weighted by atomic mass is 16.3. The smallest absolute Gasteiger partial charge is 0.117 e. The van der Waals surface area contributed by atoms with E-state index in [1.807, 2.05) is 12.3 Å². The third-order valence-corrected chi connectivity index (χ3v) is 2.35. The average Bonchev–Trinajstić information content (AvgIpc) is 2.17. The summed E-state index contributed by atoms with van der Waals surface area (Å²) in [7, 11) is 0. The van der Waals surface area contributed by atoms with Gasteiger partial charge in [-0.15, -0.1) is 0 Å². The van der Waals surface area contributed by atoms with Crippen LogP contribution in [0.15, 0.2) is 23.6 Å². The molecule has 0 spiro atoms. The molecule has 0 aromatic carbocycles. The maximum Gasteiger partial charge on any atom is 0.117 e. The fraction of sp³-hybridized carbons (Fsp3) is 0.444. The molecule has 0 fully saturated rings. The van der Waals surface area contributed by atoms with Crippen LogP contribution >= 0.6 is 0 Å². The van der Waals surface area contributed by atoms with Crippen molar-refractivity contribution in [1.29, 1.82) is 0 Å². The summed E-state index contributed by atoms with van der Waals surface area (Å²) in [6.45, 7) is 0. The van der Waals surface area contributed by atoms with Crippen LogP contribution in [-0.4, -0.2) is 4.98 Å². The Morgan fingerprint density at radius 3 is 3.33 bits per heavy atom. The van der Waals surface area contributed by atoms with Gasteiger partial charge in [0.05, 0.1) is 0 Å². The van der Waals surface area contributed by atoms with E-state index in [1.165, 1.54) is 5.56 Å². The van der Waals surface area contributed by atoms with Gasteiger partial charge in [0.1, 0.15) is 6.04 Å². The molecule has 3 heteroatoms. The number of pyridine rings is 1. The molecule has 0 aliphatic heterocycles. The van der Waals surface area contributed by atoms with Crippen molar-refractivity contribution in [2.24, 2.45) is 5.18 Å². The monoisotopic (exact) mass is 162 g/mol. The number of hydrogen-bond acceptors (Lipinski definition) is 3. The molecule has 1 unspecified atom stereocenters. The minimum absolute atomic E-state index is 0.128. The van der Waals surface area contributed by atoms with Crippen molar-refractivity contribution < 1.29 is 0 Å². The molecule has 0 saturated heterocycles. The number of nitroso groups, excluding NO2 is 1. The van der Waals surface area contributed by atoms with Gasteiger partial charge in [0, 0.05) is 12.4 Å². The van der Waals surface area contributed by atoms with Gasteiger partial charge >= 0.3 is 0 Å². The Bertz CT molecular complexity index is 298. The quantitative estimate of drug-likeness (QED) is 0.594. The molecular formula is C9H10N2O. The summed E-state index contributed by atoms with van der Waals surface area (Å²) in [5, 5.41) is 3.11. The molecule has 12 heavy (non-hydrogen) atoms. The van der Waals surface area contributed by atoms with E-state index in [0.717, 1.165) is 24.8 Å². The van der Waals surface area contributed by atoms with Crippen molar-refractivity contribution in [1.82, 2.24) is 4.98 Å². The lowest BCUT2D eigenvalue weighted by atomic mass is 9.90. The SMILES string of the molecule is O=NC1CCCc2cnccc21. The summed E-state index contributed by atoms with van der Waals surface area (Å²) in [6, 6.07) is 1.78. The van der Waals surface area contributed by atoms with Gasteiger partial charge in [0.25, 0.3) is 0 Å². The molecule has 1 aromatic heterocycles. The number of aryl methyl sites for hydroxylation is 1. The Balaban J connectivity index is 2.43. The van der Waals surface area contributed by atoms with Gasteiger partial charge in [-0.05, 0) is 36.5 Å². The molecule has 3 nitrogen and oxygen atoms in total. The third kappa shape index (κ3) is 1.11. The zero-order valence-electron chi connectivity index (χ0n) is 6.73. The highest BCUT2D eigenvalue weighted by molar-refractivity contribution is 5.29. The van der Waals surface area contributed by atoms with Crippen molar-refractivity contribution in [3.05, 3.63) is 34.5 Å². The van der Waals surface area contributed by atoms with Crippen molar-refractivity contribution in [2.75, 3.05) is 0 Å². The number of nitrogens with zero attached hydrogens (tertiary/aromatic N) is 2.